The molecule has 0 aromatic carbocycles. The molecule has 1 heterocycles. The average Bonchev–Trinajstić information content (AvgIpc) is 2.29. The molecule has 16 heavy (non-hydrogen) atoms. The third-order valence-electron chi connectivity index (χ3n) is 1.66. The monoisotopic (exact) mass is 224 g/mol. The van der Waals surface area contributed by atoms with Crippen molar-refractivity contribution in [1.29, 1.82) is 0 Å². The average molecular weight is 224 g/mol. The summed E-state index contributed by atoms with van der Waals surface area (Å²) in [7, 11) is 1.50. The molecule has 1 N–H and O–H groups in total. The summed E-state index contributed by atoms with van der Waals surface area (Å²) in [5, 5.41) is 2.97. The van der Waals surface area contributed by atoms with Crippen LogP contribution in [0.2, 0.25) is 0 Å². The third-order valence-corrected chi connectivity index (χ3v) is 1.66. The summed E-state index contributed by atoms with van der Waals surface area (Å²) in [6.45, 7) is 5.02. The van der Waals surface area contributed by atoms with Gasteiger partial charge in [-0.2, -0.15) is 9.97 Å². The van der Waals surface area contributed by atoms with Crippen molar-refractivity contribution in [3.05, 3.63) is 12.2 Å². The van der Waals surface area contributed by atoms with E-state index in [1.165, 1.54) is 7.11 Å². The highest BCUT2D eigenvalue weighted by Gasteiger charge is 2.06. The van der Waals surface area contributed by atoms with E-state index in [1.54, 1.807) is 0 Å². The third kappa shape index (κ3) is 3.72. The Morgan fingerprint density at radius 1 is 1.25 bits per heavy atom. The molecule has 1 aromatic heterocycles. The van der Waals surface area contributed by atoms with E-state index >= 15 is 0 Å². The molecule has 0 bridgehead atoms. The smallest absolute Gasteiger partial charge is 0.324 e. The second-order valence-corrected chi connectivity index (χ2v) is 2.84. The van der Waals surface area contributed by atoms with Crippen LogP contribution in [0.3, 0.4) is 0 Å². The van der Waals surface area contributed by atoms with E-state index in [1.807, 2.05) is 26.0 Å². The van der Waals surface area contributed by atoms with E-state index in [9.17, 15) is 0 Å². The Balaban J connectivity index is 2.77. The molecule has 0 atom stereocenters. The number of rotatable bonds is 6. The Bertz CT molecular complexity index is 355. The summed E-state index contributed by atoms with van der Waals surface area (Å²) in [5.41, 5.74) is 0. The van der Waals surface area contributed by atoms with Crippen LogP contribution in [0.4, 0.5) is 5.95 Å². The normalized spacial score (nSPS) is 10.4. The standard InChI is InChI=1S/C10H16N4O2/c1-4-6-7-16-10-13-8(11-5-2)12-9(14-10)15-3/h4,6H,5,7H2,1-3H3,(H,11,12,13,14)/b6-4+. The molecule has 0 unspecified atom stereocenters. The number of nitrogens with one attached hydrogen (secondary N) is 1. The fourth-order valence-corrected chi connectivity index (χ4v) is 0.950. The predicted molar refractivity (Wildman–Crippen MR) is 60.9 cm³/mol. The number of nitrogens with zero attached hydrogens (tertiary/aromatic N) is 3. The van der Waals surface area contributed by atoms with Crippen LogP contribution in [0.5, 0.6) is 12.0 Å². The van der Waals surface area contributed by atoms with Gasteiger partial charge in [-0.1, -0.05) is 12.2 Å². The molecule has 0 aliphatic heterocycles. The van der Waals surface area contributed by atoms with Crippen LogP contribution in [0.1, 0.15) is 13.8 Å². The van der Waals surface area contributed by atoms with Gasteiger partial charge in [-0.15, -0.1) is 4.98 Å². The quantitative estimate of drug-likeness (QED) is 0.734. The lowest BCUT2D eigenvalue weighted by atomic mass is 10.6. The molecule has 1 aromatic rings. The van der Waals surface area contributed by atoms with Gasteiger partial charge in [0.1, 0.15) is 6.61 Å². The minimum Gasteiger partial charge on any atom is -0.467 e. The SMILES string of the molecule is C/C=C/COc1nc(NCC)nc(OC)n1. The molecule has 0 aliphatic rings. The maximum Gasteiger partial charge on any atom is 0.324 e. The van der Waals surface area contributed by atoms with Gasteiger partial charge < -0.3 is 14.8 Å². The molecular formula is C10H16N4O2. The van der Waals surface area contributed by atoms with Crippen LogP contribution in [0.15, 0.2) is 12.2 Å². The molecule has 1 rings (SSSR count). The summed E-state index contributed by atoms with van der Waals surface area (Å²) >= 11 is 0. The minimum absolute atomic E-state index is 0.237. The molecule has 88 valence electrons. The fourth-order valence-electron chi connectivity index (χ4n) is 0.950. The number of anilines is 1. The number of methoxy groups -OCH3 is 1. The van der Waals surface area contributed by atoms with Gasteiger partial charge in [0.25, 0.3) is 0 Å². The first-order chi connectivity index (χ1) is 7.80. The molecule has 6 heteroatoms. The molecule has 0 saturated heterocycles. The topological polar surface area (TPSA) is 69.2 Å². The van der Waals surface area contributed by atoms with Crippen molar-refractivity contribution in [2.45, 2.75) is 13.8 Å². The van der Waals surface area contributed by atoms with E-state index in [0.29, 0.717) is 12.6 Å². The van der Waals surface area contributed by atoms with Crippen molar-refractivity contribution in [2.24, 2.45) is 0 Å². The van der Waals surface area contributed by atoms with Gasteiger partial charge in [-0.3, -0.25) is 0 Å². The summed E-state index contributed by atoms with van der Waals surface area (Å²) in [5.74, 6) is 0.449. The first kappa shape index (κ1) is 12.2. The Labute approximate surface area is 94.7 Å². The van der Waals surface area contributed by atoms with Gasteiger partial charge in [-0.05, 0) is 13.8 Å². The van der Waals surface area contributed by atoms with E-state index < -0.39 is 0 Å². The van der Waals surface area contributed by atoms with Crippen LogP contribution < -0.4 is 14.8 Å². The summed E-state index contributed by atoms with van der Waals surface area (Å²) in [6, 6.07) is 0.488. The highest BCUT2D eigenvalue weighted by Crippen LogP contribution is 2.12. The Kier molecular flexibility index (Phi) is 5.04. The zero-order valence-corrected chi connectivity index (χ0v) is 9.73. The lowest BCUT2D eigenvalue weighted by molar-refractivity contribution is 0.313. The Morgan fingerprint density at radius 3 is 2.62 bits per heavy atom. The van der Waals surface area contributed by atoms with Crippen LogP contribution in [0, 0.1) is 0 Å². The van der Waals surface area contributed by atoms with Crippen molar-refractivity contribution < 1.29 is 9.47 Å². The predicted octanol–water partition coefficient (Wildman–Crippen LogP) is 1.27. The fraction of sp³-hybridized carbons (Fsp3) is 0.500. The number of hydrogen-bond donors (Lipinski definition) is 1. The first-order valence-corrected chi connectivity index (χ1v) is 5.08. The van der Waals surface area contributed by atoms with Gasteiger partial charge in [0.2, 0.25) is 5.95 Å². The van der Waals surface area contributed by atoms with E-state index in [4.69, 9.17) is 9.47 Å². The molecule has 0 aliphatic carbocycles. The Morgan fingerprint density at radius 2 is 2.00 bits per heavy atom. The molecule has 6 nitrogen and oxygen atoms in total. The molecule has 0 saturated carbocycles. The summed E-state index contributed by atoms with van der Waals surface area (Å²) in [4.78, 5) is 12.1. The van der Waals surface area contributed by atoms with E-state index in [2.05, 4.69) is 20.3 Å². The van der Waals surface area contributed by atoms with Crippen LogP contribution >= 0.6 is 0 Å². The van der Waals surface area contributed by atoms with Crippen molar-refractivity contribution >= 4 is 5.95 Å². The Hall–Kier alpha value is -1.85. The molecule has 0 amide bonds. The number of aromatic nitrogens is 3. The second-order valence-electron chi connectivity index (χ2n) is 2.84. The van der Waals surface area contributed by atoms with Crippen LogP contribution in [-0.2, 0) is 0 Å². The van der Waals surface area contributed by atoms with E-state index in [0.717, 1.165) is 6.54 Å². The van der Waals surface area contributed by atoms with Gasteiger partial charge in [0, 0.05) is 6.54 Å². The lowest BCUT2D eigenvalue weighted by Crippen LogP contribution is -2.07. The number of hydrogen-bond acceptors (Lipinski definition) is 6. The molecule has 0 fully saturated rings. The maximum absolute atomic E-state index is 5.31. The zero-order chi connectivity index (χ0) is 11.8. The first-order valence-electron chi connectivity index (χ1n) is 5.08. The van der Waals surface area contributed by atoms with Gasteiger partial charge in [0.15, 0.2) is 0 Å². The minimum atomic E-state index is 0.237. The molecular weight excluding hydrogens is 208 g/mol. The molecule has 0 radical (unpaired) electrons. The molecule has 0 spiro atoms. The lowest BCUT2D eigenvalue weighted by Gasteiger charge is -2.06. The summed E-state index contributed by atoms with van der Waals surface area (Å²) in [6.07, 6.45) is 3.76. The zero-order valence-electron chi connectivity index (χ0n) is 9.73. The number of ether oxygens (including phenoxy) is 2. The van der Waals surface area contributed by atoms with Crippen LogP contribution in [-0.4, -0.2) is 35.2 Å². The van der Waals surface area contributed by atoms with Crippen molar-refractivity contribution in [1.82, 2.24) is 15.0 Å². The maximum atomic E-state index is 5.31. The number of allylic oxidation sites excluding steroid dienone is 1. The van der Waals surface area contributed by atoms with Crippen molar-refractivity contribution in [3.8, 4) is 12.0 Å². The largest absolute Gasteiger partial charge is 0.467 e. The van der Waals surface area contributed by atoms with Crippen molar-refractivity contribution in [3.63, 3.8) is 0 Å². The van der Waals surface area contributed by atoms with Crippen LogP contribution in [0.25, 0.3) is 0 Å². The highest BCUT2D eigenvalue weighted by atomic mass is 16.5. The second kappa shape index (κ2) is 6.60. The van der Waals surface area contributed by atoms with Gasteiger partial charge in [-0.25, -0.2) is 0 Å². The summed E-state index contributed by atoms with van der Waals surface area (Å²) < 4.78 is 10.3. The van der Waals surface area contributed by atoms with E-state index in [-0.39, 0.29) is 12.0 Å². The van der Waals surface area contributed by atoms with Gasteiger partial charge >= 0.3 is 12.0 Å². The van der Waals surface area contributed by atoms with Gasteiger partial charge in [0.05, 0.1) is 7.11 Å². The highest BCUT2D eigenvalue weighted by molar-refractivity contribution is 5.27. The van der Waals surface area contributed by atoms with Crippen molar-refractivity contribution in [2.75, 3.05) is 25.6 Å².